The van der Waals surface area contributed by atoms with Crippen LogP contribution in [0, 0.1) is 5.82 Å². The Labute approximate surface area is 126 Å². The second-order valence-corrected chi connectivity index (χ2v) is 5.73. The summed E-state index contributed by atoms with van der Waals surface area (Å²) in [5.74, 6) is 5.32. The van der Waals surface area contributed by atoms with Crippen LogP contribution in [0.5, 0.6) is 0 Å². The van der Waals surface area contributed by atoms with Gasteiger partial charge in [-0.15, -0.1) is 0 Å². The summed E-state index contributed by atoms with van der Waals surface area (Å²) in [4.78, 5) is 0. The van der Waals surface area contributed by atoms with E-state index in [1.807, 2.05) is 0 Å². The van der Waals surface area contributed by atoms with Crippen molar-refractivity contribution in [2.45, 2.75) is 64.3 Å². The van der Waals surface area contributed by atoms with E-state index in [-0.39, 0.29) is 11.9 Å². The van der Waals surface area contributed by atoms with Gasteiger partial charge in [-0.3, -0.25) is 11.3 Å². The molecule has 0 aliphatic heterocycles. The number of hydrogen-bond acceptors (Lipinski definition) is 2. The molecule has 20 heavy (non-hydrogen) atoms. The van der Waals surface area contributed by atoms with Gasteiger partial charge in [0.25, 0.3) is 0 Å². The highest BCUT2D eigenvalue weighted by molar-refractivity contribution is 6.31. The van der Waals surface area contributed by atoms with Gasteiger partial charge in [0, 0.05) is 16.6 Å². The van der Waals surface area contributed by atoms with Gasteiger partial charge in [-0.05, 0) is 25.0 Å². The average Bonchev–Trinajstić information content (AvgIpc) is 2.44. The van der Waals surface area contributed by atoms with Crippen molar-refractivity contribution in [2.75, 3.05) is 0 Å². The summed E-state index contributed by atoms with van der Waals surface area (Å²) in [5.41, 5.74) is 3.34. The van der Waals surface area contributed by atoms with Gasteiger partial charge >= 0.3 is 0 Å². The lowest BCUT2D eigenvalue weighted by molar-refractivity contribution is 0.452. The smallest absolute Gasteiger partial charge is 0.127 e. The minimum absolute atomic E-state index is 0.0792. The lowest BCUT2D eigenvalue weighted by atomic mass is 9.99. The Morgan fingerprint density at radius 3 is 2.55 bits per heavy atom. The molecule has 1 atom stereocenters. The van der Waals surface area contributed by atoms with E-state index in [4.69, 9.17) is 17.4 Å². The molecule has 1 aromatic carbocycles. The van der Waals surface area contributed by atoms with Crippen molar-refractivity contribution < 1.29 is 4.39 Å². The lowest BCUT2D eigenvalue weighted by Crippen LogP contribution is -2.37. The van der Waals surface area contributed by atoms with Gasteiger partial charge in [0.05, 0.1) is 0 Å². The van der Waals surface area contributed by atoms with Crippen molar-refractivity contribution >= 4 is 11.6 Å². The van der Waals surface area contributed by atoms with Crippen LogP contribution in [0.2, 0.25) is 5.02 Å². The van der Waals surface area contributed by atoms with Gasteiger partial charge in [-0.25, -0.2) is 4.39 Å². The number of rotatable bonds is 10. The third-order valence-corrected chi connectivity index (χ3v) is 4.01. The number of hydrazine groups is 1. The van der Waals surface area contributed by atoms with Gasteiger partial charge in [-0.2, -0.15) is 0 Å². The first-order valence-corrected chi connectivity index (χ1v) is 7.95. The van der Waals surface area contributed by atoms with Crippen LogP contribution in [0.25, 0.3) is 0 Å². The van der Waals surface area contributed by atoms with Gasteiger partial charge < -0.3 is 0 Å². The van der Waals surface area contributed by atoms with E-state index in [9.17, 15) is 4.39 Å². The van der Waals surface area contributed by atoms with Gasteiger partial charge in [-0.1, -0.05) is 63.1 Å². The predicted molar refractivity (Wildman–Crippen MR) is 84.2 cm³/mol. The van der Waals surface area contributed by atoms with Crippen molar-refractivity contribution in [3.8, 4) is 0 Å². The Kier molecular flexibility index (Phi) is 8.83. The Morgan fingerprint density at radius 2 is 1.90 bits per heavy atom. The van der Waals surface area contributed by atoms with Gasteiger partial charge in [0.1, 0.15) is 5.82 Å². The van der Waals surface area contributed by atoms with Crippen LogP contribution < -0.4 is 11.3 Å². The van der Waals surface area contributed by atoms with E-state index < -0.39 is 0 Å². The highest BCUT2D eigenvalue weighted by Gasteiger charge is 2.13. The SMILES string of the molecule is CCCCCCCCC(Cc1c(F)cccc1Cl)NN. The predicted octanol–water partition coefficient (Wildman–Crippen LogP) is 4.60. The number of nitrogens with two attached hydrogens (primary N) is 1. The number of nitrogens with one attached hydrogen (secondary N) is 1. The van der Waals surface area contributed by atoms with Crippen molar-refractivity contribution in [1.82, 2.24) is 5.43 Å². The van der Waals surface area contributed by atoms with E-state index in [0.717, 1.165) is 12.8 Å². The molecule has 0 heterocycles. The Morgan fingerprint density at radius 1 is 1.20 bits per heavy atom. The zero-order valence-electron chi connectivity index (χ0n) is 12.3. The fourth-order valence-corrected chi connectivity index (χ4v) is 2.63. The summed E-state index contributed by atoms with van der Waals surface area (Å²) in [5, 5.41) is 0.480. The zero-order chi connectivity index (χ0) is 14.8. The van der Waals surface area contributed by atoms with Crippen LogP contribution in [-0.4, -0.2) is 6.04 Å². The van der Waals surface area contributed by atoms with Crippen LogP contribution in [0.1, 0.15) is 57.4 Å². The molecule has 0 saturated carbocycles. The first kappa shape index (κ1) is 17.4. The van der Waals surface area contributed by atoms with E-state index in [1.165, 1.54) is 38.2 Å². The molecule has 0 fully saturated rings. The molecule has 0 aliphatic rings. The Hall–Kier alpha value is -0.640. The topological polar surface area (TPSA) is 38.0 Å². The summed E-state index contributed by atoms with van der Waals surface area (Å²) in [7, 11) is 0. The molecule has 0 amide bonds. The molecule has 4 heteroatoms. The normalized spacial score (nSPS) is 12.6. The van der Waals surface area contributed by atoms with Gasteiger partial charge in [0.2, 0.25) is 0 Å². The number of halogens is 2. The second kappa shape index (κ2) is 10.1. The monoisotopic (exact) mass is 300 g/mol. The molecular weight excluding hydrogens is 275 g/mol. The Balaban J connectivity index is 2.36. The highest BCUT2D eigenvalue weighted by atomic mass is 35.5. The zero-order valence-corrected chi connectivity index (χ0v) is 13.1. The summed E-state index contributed by atoms with van der Waals surface area (Å²) in [6, 6.07) is 4.87. The van der Waals surface area contributed by atoms with Crippen molar-refractivity contribution in [3.05, 3.63) is 34.6 Å². The molecule has 1 rings (SSSR count). The first-order chi connectivity index (χ1) is 9.69. The molecule has 0 spiro atoms. The van der Waals surface area contributed by atoms with Gasteiger partial charge in [0.15, 0.2) is 0 Å². The van der Waals surface area contributed by atoms with Crippen molar-refractivity contribution in [3.63, 3.8) is 0 Å². The lowest BCUT2D eigenvalue weighted by Gasteiger charge is -2.17. The molecule has 1 aromatic rings. The maximum absolute atomic E-state index is 13.7. The fourth-order valence-electron chi connectivity index (χ4n) is 2.39. The highest BCUT2D eigenvalue weighted by Crippen LogP contribution is 2.21. The molecule has 0 bridgehead atoms. The summed E-state index contributed by atoms with van der Waals surface area (Å²) in [6.07, 6.45) is 8.96. The third-order valence-electron chi connectivity index (χ3n) is 3.65. The van der Waals surface area contributed by atoms with Crippen LogP contribution in [-0.2, 0) is 6.42 Å². The maximum Gasteiger partial charge on any atom is 0.127 e. The van der Waals surface area contributed by atoms with E-state index >= 15 is 0 Å². The second-order valence-electron chi connectivity index (χ2n) is 5.32. The average molecular weight is 301 g/mol. The molecule has 1 unspecified atom stereocenters. The molecule has 114 valence electrons. The first-order valence-electron chi connectivity index (χ1n) is 7.58. The molecule has 3 N–H and O–H groups in total. The Bertz CT molecular complexity index is 364. The number of hydrogen-bond donors (Lipinski definition) is 2. The van der Waals surface area contributed by atoms with Crippen molar-refractivity contribution in [2.24, 2.45) is 5.84 Å². The van der Waals surface area contributed by atoms with E-state index in [0.29, 0.717) is 17.0 Å². The van der Waals surface area contributed by atoms with Crippen LogP contribution >= 0.6 is 11.6 Å². The van der Waals surface area contributed by atoms with Crippen LogP contribution in [0.3, 0.4) is 0 Å². The van der Waals surface area contributed by atoms with Crippen molar-refractivity contribution in [1.29, 1.82) is 0 Å². The summed E-state index contributed by atoms with van der Waals surface area (Å²) in [6.45, 7) is 2.21. The largest absolute Gasteiger partial charge is 0.271 e. The molecule has 0 radical (unpaired) electrons. The third kappa shape index (κ3) is 6.21. The summed E-state index contributed by atoms with van der Waals surface area (Å²) < 4.78 is 13.7. The van der Waals surface area contributed by atoms with E-state index in [2.05, 4.69) is 12.3 Å². The molecule has 0 aromatic heterocycles. The van der Waals surface area contributed by atoms with Crippen LogP contribution in [0.4, 0.5) is 4.39 Å². The quantitative estimate of drug-likeness (QED) is 0.376. The fraction of sp³-hybridized carbons (Fsp3) is 0.625. The molecule has 2 nitrogen and oxygen atoms in total. The molecule has 0 aliphatic carbocycles. The van der Waals surface area contributed by atoms with Crippen LogP contribution in [0.15, 0.2) is 18.2 Å². The maximum atomic E-state index is 13.7. The number of benzene rings is 1. The standard InChI is InChI=1S/C16H26ClFN2/c1-2-3-4-5-6-7-9-13(20-19)12-14-15(17)10-8-11-16(14)18/h8,10-11,13,20H,2-7,9,12,19H2,1H3. The molecular formula is C16H26ClFN2. The number of unbranched alkanes of at least 4 members (excludes halogenated alkanes) is 5. The minimum Gasteiger partial charge on any atom is -0.271 e. The minimum atomic E-state index is -0.249. The summed E-state index contributed by atoms with van der Waals surface area (Å²) >= 11 is 6.04. The van der Waals surface area contributed by atoms with E-state index in [1.54, 1.807) is 12.1 Å². The molecule has 0 saturated heterocycles.